The molecule has 0 aliphatic rings. The number of para-hydroxylation sites is 1. The van der Waals surface area contributed by atoms with Gasteiger partial charge in [0.1, 0.15) is 16.4 Å². The summed E-state index contributed by atoms with van der Waals surface area (Å²) in [6, 6.07) is 13.7. The van der Waals surface area contributed by atoms with E-state index in [0.29, 0.717) is 12.3 Å². The first-order valence-electron chi connectivity index (χ1n) is 6.04. The highest BCUT2D eigenvalue weighted by Gasteiger charge is 2.14. The summed E-state index contributed by atoms with van der Waals surface area (Å²) in [4.78, 5) is -0.0287. The lowest BCUT2D eigenvalue weighted by Gasteiger charge is -2.10. The van der Waals surface area contributed by atoms with Gasteiger partial charge in [-0.05, 0) is 36.9 Å². The van der Waals surface area contributed by atoms with Gasteiger partial charge in [0.2, 0.25) is 10.0 Å². The molecular formula is C14H16N2O3S. The van der Waals surface area contributed by atoms with Crippen LogP contribution < -0.4 is 15.2 Å². The first-order valence-corrected chi connectivity index (χ1v) is 7.58. The summed E-state index contributed by atoms with van der Waals surface area (Å²) < 4.78 is 28.6. The molecule has 0 saturated carbocycles. The molecule has 2 aromatic rings. The van der Waals surface area contributed by atoms with E-state index in [1.807, 2.05) is 25.2 Å². The van der Waals surface area contributed by atoms with E-state index < -0.39 is 10.0 Å². The Labute approximate surface area is 118 Å². The molecule has 0 aliphatic heterocycles. The minimum Gasteiger partial charge on any atom is -0.456 e. The van der Waals surface area contributed by atoms with Gasteiger partial charge in [-0.3, -0.25) is 0 Å². The predicted molar refractivity (Wildman–Crippen MR) is 77.1 cm³/mol. The number of hydrogen-bond donors (Lipinski definition) is 2. The van der Waals surface area contributed by atoms with Crippen molar-refractivity contribution in [2.45, 2.75) is 11.4 Å². The Bertz CT molecular complexity index is 699. The van der Waals surface area contributed by atoms with Crippen molar-refractivity contribution in [3.8, 4) is 11.5 Å². The van der Waals surface area contributed by atoms with Crippen molar-refractivity contribution in [2.75, 3.05) is 7.05 Å². The average Bonchev–Trinajstić information content (AvgIpc) is 2.39. The SMILES string of the molecule is CNCc1cccc(Oc2ccccc2S(N)(=O)=O)c1. The minimum absolute atomic E-state index is 0.0287. The van der Waals surface area contributed by atoms with Crippen molar-refractivity contribution in [1.29, 1.82) is 0 Å². The van der Waals surface area contributed by atoms with Gasteiger partial charge in [-0.2, -0.15) is 0 Å². The van der Waals surface area contributed by atoms with Crippen molar-refractivity contribution < 1.29 is 13.2 Å². The van der Waals surface area contributed by atoms with Gasteiger partial charge in [0, 0.05) is 6.54 Å². The molecular weight excluding hydrogens is 276 g/mol. The molecule has 5 nitrogen and oxygen atoms in total. The summed E-state index contributed by atoms with van der Waals surface area (Å²) in [5, 5.41) is 8.21. The van der Waals surface area contributed by atoms with Crippen LogP contribution in [0.5, 0.6) is 11.5 Å². The predicted octanol–water partition coefficient (Wildman–Crippen LogP) is 1.85. The van der Waals surface area contributed by atoms with Crippen LogP contribution in [0.1, 0.15) is 5.56 Å². The molecule has 0 fully saturated rings. The second-order valence-electron chi connectivity index (χ2n) is 4.27. The Hall–Kier alpha value is -1.89. The van der Waals surface area contributed by atoms with E-state index in [1.54, 1.807) is 24.3 Å². The summed E-state index contributed by atoms with van der Waals surface area (Å²) in [7, 11) is -1.96. The summed E-state index contributed by atoms with van der Waals surface area (Å²) in [6.45, 7) is 0.702. The van der Waals surface area contributed by atoms with Crippen LogP contribution in [-0.2, 0) is 16.6 Å². The first-order chi connectivity index (χ1) is 9.50. The zero-order chi connectivity index (χ0) is 14.6. The standard InChI is InChI=1S/C14H16N2O3S/c1-16-10-11-5-4-6-12(9-11)19-13-7-2-3-8-14(13)20(15,17)18/h2-9,16H,10H2,1H3,(H2,15,17,18). The van der Waals surface area contributed by atoms with Crippen molar-refractivity contribution in [1.82, 2.24) is 5.32 Å². The maximum atomic E-state index is 11.5. The molecule has 0 saturated heterocycles. The zero-order valence-electron chi connectivity index (χ0n) is 11.0. The molecule has 2 rings (SSSR count). The number of sulfonamides is 1. The molecule has 6 heteroatoms. The second kappa shape index (κ2) is 6.04. The highest BCUT2D eigenvalue weighted by atomic mass is 32.2. The molecule has 0 unspecified atom stereocenters. The lowest BCUT2D eigenvalue weighted by Crippen LogP contribution is -2.13. The molecule has 0 radical (unpaired) electrons. The highest BCUT2D eigenvalue weighted by molar-refractivity contribution is 7.89. The van der Waals surface area contributed by atoms with Crippen LogP contribution >= 0.6 is 0 Å². The number of nitrogens with one attached hydrogen (secondary N) is 1. The van der Waals surface area contributed by atoms with Gasteiger partial charge >= 0.3 is 0 Å². The largest absolute Gasteiger partial charge is 0.456 e. The molecule has 2 aromatic carbocycles. The Morgan fingerprint density at radius 2 is 1.90 bits per heavy atom. The summed E-state index contributed by atoms with van der Waals surface area (Å²) in [5.74, 6) is 0.783. The number of nitrogens with two attached hydrogens (primary N) is 1. The summed E-state index contributed by atoms with van der Waals surface area (Å²) in [5.41, 5.74) is 1.04. The maximum absolute atomic E-state index is 11.5. The molecule has 0 amide bonds. The van der Waals surface area contributed by atoms with E-state index in [9.17, 15) is 8.42 Å². The fourth-order valence-electron chi connectivity index (χ4n) is 1.82. The Morgan fingerprint density at radius 3 is 2.60 bits per heavy atom. The van der Waals surface area contributed by atoms with Crippen molar-refractivity contribution >= 4 is 10.0 Å². The quantitative estimate of drug-likeness (QED) is 0.881. The van der Waals surface area contributed by atoms with Gasteiger partial charge in [-0.25, -0.2) is 13.6 Å². The van der Waals surface area contributed by atoms with E-state index in [-0.39, 0.29) is 10.6 Å². The van der Waals surface area contributed by atoms with Crippen molar-refractivity contribution in [3.63, 3.8) is 0 Å². The molecule has 0 heterocycles. The monoisotopic (exact) mass is 292 g/mol. The van der Waals surface area contributed by atoms with E-state index in [1.165, 1.54) is 6.07 Å². The van der Waals surface area contributed by atoms with Gasteiger partial charge in [0.05, 0.1) is 0 Å². The van der Waals surface area contributed by atoms with E-state index >= 15 is 0 Å². The third-order valence-electron chi connectivity index (χ3n) is 2.66. The first kappa shape index (κ1) is 14.5. The molecule has 106 valence electrons. The smallest absolute Gasteiger partial charge is 0.241 e. The third-order valence-corrected chi connectivity index (χ3v) is 3.61. The lowest BCUT2D eigenvalue weighted by molar-refractivity contribution is 0.466. The van der Waals surface area contributed by atoms with Crippen LogP contribution in [-0.4, -0.2) is 15.5 Å². The Morgan fingerprint density at radius 1 is 1.15 bits per heavy atom. The van der Waals surface area contributed by atoms with Gasteiger partial charge in [-0.15, -0.1) is 0 Å². The van der Waals surface area contributed by atoms with E-state index in [2.05, 4.69) is 5.32 Å². The van der Waals surface area contributed by atoms with Crippen LogP contribution in [0, 0.1) is 0 Å². The average molecular weight is 292 g/mol. The van der Waals surface area contributed by atoms with Gasteiger partial charge in [0.15, 0.2) is 0 Å². The van der Waals surface area contributed by atoms with Crippen LogP contribution in [0.15, 0.2) is 53.4 Å². The van der Waals surface area contributed by atoms with Crippen LogP contribution in [0.4, 0.5) is 0 Å². The third kappa shape index (κ3) is 3.57. The van der Waals surface area contributed by atoms with Gasteiger partial charge < -0.3 is 10.1 Å². The summed E-state index contributed by atoms with van der Waals surface area (Å²) in [6.07, 6.45) is 0. The number of benzene rings is 2. The van der Waals surface area contributed by atoms with E-state index in [4.69, 9.17) is 9.88 Å². The normalized spacial score (nSPS) is 11.3. The zero-order valence-corrected chi connectivity index (χ0v) is 11.9. The highest BCUT2D eigenvalue weighted by Crippen LogP contribution is 2.28. The molecule has 0 aromatic heterocycles. The number of hydrogen-bond acceptors (Lipinski definition) is 4. The van der Waals surface area contributed by atoms with Gasteiger partial charge in [-0.1, -0.05) is 24.3 Å². The molecule has 3 N–H and O–H groups in total. The second-order valence-corrected chi connectivity index (χ2v) is 5.80. The Balaban J connectivity index is 2.33. The molecule has 0 aliphatic carbocycles. The maximum Gasteiger partial charge on any atom is 0.241 e. The molecule has 0 atom stereocenters. The lowest BCUT2D eigenvalue weighted by atomic mass is 10.2. The number of rotatable bonds is 5. The summed E-state index contributed by atoms with van der Waals surface area (Å²) >= 11 is 0. The van der Waals surface area contributed by atoms with Crippen LogP contribution in [0.2, 0.25) is 0 Å². The van der Waals surface area contributed by atoms with Gasteiger partial charge in [0.25, 0.3) is 0 Å². The minimum atomic E-state index is -3.81. The van der Waals surface area contributed by atoms with E-state index in [0.717, 1.165) is 5.56 Å². The molecule has 20 heavy (non-hydrogen) atoms. The Kier molecular flexibility index (Phi) is 4.39. The fraction of sp³-hybridized carbons (Fsp3) is 0.143. The number of primary sulfonamides is 1. The fourth-order valence-corrected chi connectivity index (χ4v) is 2.48. The van der Waals surface area contributed by atoms with Crippen LogP contribution in [0.3, 0.4) is 0 Å². The van der Waals surface area contributed by atoms with Crippen LogP contribution in [0.25, 0.3) is 0 Å². The van der Waals surface area contributed by atoms with Crippen molar-refractivity contribution in [2.24, 2.45) is 5.14 Å². The molecule has 0 bridgehead atoms. The number of ether oxygens (including phenoxy) is 1. The molecule has 0 spiro atoms. The topological polar surface area (TPSA) is 81.4 Å². The van der Waals surface area contributed by atoms with Crippen molar-refractivity contribution in [3.05, 3.63) is 54.1 Å².